The third-order valence-electron chi connectivity index (χ3n) is 7.94. The Morgan fingerprint density at radius 3 is 2.33 bits per heavy atom. The van der Waals surface area contributed by atoms with Gasteiger partial charge in [-0.2, -0.15) is 0 Å². The number of fused-ring (bicyclic) bond motifs is 1. The molecule has 0 unspecified atom stereocenters. The molecule has 39 heavy (non-hydrogen) atoms. The fourth-order valence-corrected chi connectivity index (χ4v) is 5.32. The molecule has 0 aliphatic heterocycles. The average Bonchev–Trinajstić information content (AvgIpc) is 2.84. The summed E-state index contributed by atoms with van der Waals surface area (Å²) in [5.74, 6) is -0.762. The van der Waals surface area contributed by atoms with E-state index >= 15 is 0 Å². The van der Waals surface area contributed by atoms with Gasteiger partial charge in [0.05, 0.1) is 24.6 Å². The molecule has 1 atom stereocenters. The summed E-state index contributed by atoms with van der Waals surface area (Å²) in [5, 5.41) is 0.433. The molecule has 3 rings (SSSR count). The number of carbonyl (C=O) groups excluding carboxylic acids is 1. The standard InChI is InChI=1S/C31H43FN2O4Si/c1-10-37-30(36)26-18-34(27(20(2)3)19-38-39(8,9)31(5,6)7)29-25(28(26)35)17-23(21(4)33-29)14-11-22-12-15-24(32)16-13-22/h12-13,15-18,20,27H,10-11,14,19H2,1-9H3/t27-/m1/s1. The third kappa shape index (κ3) is 7.03. The molecule has 2 heterocycles. The molecule has 0 spiro atoms. The maximum absolute atomic E-state index is 13.6. The molecule has 0 saturated heterocycles. The molecule has 0 bridgehead atoms. The first kappa shape index (κ1) is 30.7. The summed E-state index contributed by atoms with van der Waals surface area (Å²) in [6, 6.07) is 8.13. The van der Waals surface area contributed by atoms with Crippen LogP contribution in [0, 0.1) is 18.7 Å². The zero-order valence-electron chi connectivity index (χ0n) is 24.9. The minimum atomic E-state index is -2.05. The second kappa shape index (κ2) is 12.1. The van der Waals surface area contributed by atoms with Crippen LogP contribution < -0.4 is 5.43 Å². The van der Waals surface area contributed by atoms with Crippen LogP contribution in [0.25, 0.3) is 11.0 Å². The first-order valence-corrected chi connectivity index (χ1v) is 16.7. The van der Waals surface area contributed by atoms with Gasteiger partial charge in [-0.05, 0) is 80.1 Å². The normalized spacial score (nSPS) is 13.2. The topological polar surface area (TPSA) is 70.4 Å². The molecule has 0 amide bonds. The van der Waals surface area contributed by atoms with Crippen molar-refractivity contribution in [2.45, 2.75) is 85.5 Å². The zero-order chi connectivity index (χ0) is 29.1. The predicted octanol–water partition coefficient (Wildman–Crippen LogP) is 7.02. The van der Waals surface area contributed by atoms with Gasteiger partial charge in [0.15, 0.2) is 8.32 Å². The van der Waals surface area contributed by atoms with Crippen LogP contribution in [-0.2, 0) is 22.0 Å². The second-order valence-corrected chi connectivity index (χ2v) is 16.9. The molecular weight excluding hydrogens is 511 g/mol. The van der Waals surface area contributed by atoms with Crippen molar-refractivity contribution in [3.8, 4) is 0 Å². The van der Waals surface area contributed by atoms with Crippen LogP contribution in [0.2, 0.25) is 18.1 Å². The van der Waals surface area contributed by atoms with E-state index in [9.17, 15) is 14.0 Å². The number of nitrogens with zero attached hydrogens (tertiary/aromatic N) is 2. The highest BCUT2D eigenvalue weighted by Gasteiger charge is 2.38. The fraction of sp³-hybridized carbons (Fsp3) is 0.516. The molecule has 0 aliphatic rings. The molecule has 0 N–H and O–H groups in total. The van der Waals surface area contributed by atoms with Gasteiger partial charge in [0.25, 0.3) is 0 Å². The smallest absolute Gasteiger partial charge is 0.343 e. The van der Waals surface area contributed by atoms with Crippen LogP contribution in [-0.4, -0.2) is 37.1 Å². The van der Waals surface area contributed by atoms with Gasteiger partial charge in [-0.15, -0.1) is 0 Å². The van der Waals surface area contributed by atoms with Crippen LogP contribution in [0.5, 0.6) is 0 Å². The number of esters is 1. The Kier molecular flexibility index (Phi) is 9.54. The molecule has 6 nitrogen and oxygen atoms in total. The van der Waals surface area contributed by atoms with E-state index in [1.165, 1.54) is 12.1 Å². The molecule has 1 aromatic carbocycles. The van der Waals surface area contributed by atoms with Crippen molar-refractivity contribution in [2.24, 2.45) is 5.92 Å². The average molecular weight is 555 g/mol. The molecule has 2 aromatic heterocycles. The third-order valence-corrected chi connectivity index (χ3v) is 12.4. The number of ether oxygens (including phenoxy) is 1. The second-order valence-electron chi connectivity index (χ2n) is 12.1. The van der Waals surface area contributed by atoms with Gasteiger partial charge in [0.1, 0.15) is 17.0 Å². The van der Waals surface area contributed by atoms with Gasteiger partial charge in [-0.25, -0.2) is 14.2 Å². The zero-order valence-corrected chi connectivity index (χ0v) is 25.9. The van der Waals surface area contributed by atoms with Crippen LogP contribution in [0.15, 0.2) is 41.3 Å². The molecule has 3 aromatic rings. The van der Waals surface area contributed by atoms with Gasteiger partial charge < -0.3 is 13.7 Å². The number of hydrogen-bond donors (Lipinski definition) is 0. The highest BCUT2D eigenvalue weighted by molar-refractivity contribution is 6.74. The van der Waals surface area contributed by atoms with E-state index < -0.39 is 14.3 Å². The Labute approximate surface area is 232 Å². The summed E-state index contributed by atoms with van der Waals surface area (Å²) in [7, 11) is -2.05. The Morgan fingerprint density at radius 2 is 1.77 bits per heavy atom. The van der Waals surface area contributed by atoms with E-state index in [4.69, 9.17) is 14.1 Å². The van der Waals surface area contributed by atoms with Crippen molar-refractivity contribution >= 4 is 25.3 Å². The molecule has 0 fully saturated rings. The number of benzene rings is 1. The SMILES string of the molecule is CCOC(=O)c1cn([C@H](CO[Si](C)(C)C(C)(C)C)C(C)C)c2nc(C)c(CCc3ccc(F)cc3)cc2c1=O. The van der Waals surface area contributed by atoms with Gasteiger partial charge in [0.2, 0.25) is 5.43 Å². The lowest BCUT2D eigenvalue weighted by Gasteiger charge is -2.38. The summed E-state index contributed by atoms with van der Waals surface area (Å²) in [6.45, 7) is 19.5. The van der Waals surface area contributed by atoms with Crippen molar-refractivity contribution in [3.63, 3.8) is 0 Å². The number of carbonyl (C=O) groups is 1. The maximum Gasteiger partial charge on any atom is 0.343 e. The van der Waals surface area contributed by atoms with Gasteiger partial charge in [-0.1, -0.05) is 46.8 Å². The lowest BCUT2D eigenvalue weighted by atomic mass is 10.0. The number of rotatable bonds is 10. The highest BCUT2D eigenvalue weighted by atomic mass is 28.4. The van der Waals surface area contributed by atoms with Gasteiger partial charge in [-0.3, -0.25) is 4.79 Å². The molecule has 212 valence electrons. The maximum atomic E-state index is 13.6. The lowest BCUT2D eigenvalue weighted by Crippen LogP contribution is -2.42. The van der Waals surface area contributed by atoms with E-state index in [0.29, 0.717) is 30.5 Å². The van der Waals surface area contributed by atoms with Crippen molar-refractivity contribution in [2.75, 3.05) is 13.2 Å². The summed E-state index contributed by atoms with van der Waals surface area (Å²) in [4.78, 5) is 31.4. The highest BCUT2D eigenvalue weighted by Crippen LogP contribution is 2.37. The molecule has 0 aliphatic carbocycles. The van der Waals surface area contributed by atoms with Crippen LogP contribution in [0.1, 0.15) is 74.8 Å². The molecule has 0 radical (unpaired) electrons. The number of aryl methyl sites for hydroxylation is 3. The quantitative estimate of drug-likeness (QED) is 0.199. The number of pyridine rings is 2. The summed E-state index contributed by atoms with van der Waals surface area (Å²) in [6.07, 6.45) is 2.91. The van der Waals surface area contributed by atoms with Crippen molar-refractivity contribution in [1.29, 1.82) is 0 Å². The monoisotopic (exact) mass is 554 g/mol. The van der Waals surface area contributed by atoms with E-state index in [-0.39, 0.29) is 40.4 Å². The van der Waals surface area contributed by atoms with Crippen LogP contribution in [0.3, 0.4) is 0 Å². The first-order valence-electron chi connectivity index (χ1n) is 13.8. The minimum absolute atomic E-state index is 0.00235. The van der Waals surface area contributed by atoms with Crippen molar-refractivity contribution in [3.05, 3.63) is 75.0 Å². The predicted molar refractivity (Wildman–Crippen MR) is 158 cm³/mol. The Balaban J connectivity index is 2.13. The van der Waals surface area contributed by atoms with Gasteiger partial charge >= 0.3 is 5.97 Å². The number of hydrogen-bond acceptors (Lipinski definition) is 5. The Bertz CT molecular complexity index is 1370. The van der Waals surface area contributed by atoms with E-state index in [2.05, 4.69) is 47.7 Å². The summed E-state index contributed by atoms with van der Waals surface area (Å²) >= 11 is 0. The molecular formula is C31H43FN2O4Si. The summed E-state index contributed by atoms with van der Waals surface area (Å²) < 4.78 is 27.2. The minimum Gasteiger partial charge on any atom is -0.462 e. The Morgan fingerprint density at radius 1 is 1.13 bits per heavy atom. The summed E-state index contributed by atoms with van der Waals surface area (Å²) in [5.41, 5.74) is 2.87. The molecule has 0 saturated carbocycles. The Hall–Kier alpha value is -2.84. The van der Waals surface area contributed by atoms with E-state index in [0.717, 1.165) is 16.8 Å². The first-order chi connectivity index (χ1) is 18.2. The van der Waals surface area contributed by atoms with Crippen LogP contribution in [0.4, 0.5) is 4.39 Å². The van der Waals surface area contributed by atoms with Crippen molar-refractivity contribution < 1.29 is 18.3 Å². The largest absolute Gasteiger partial charge is 0.462 e. The lowest BCUT2D eigenvalue weighted by molar-refractivity contribution is 0.0523. The fourth-order valence-electron chi connectivity index (χ4n) is 4.30. The van der Waals surface area contributed by atoms with Crippen LogP contribution >= 0.6 is 0 Å². The van der Waals surface area contributed by atoms with Crippen molar-refractivity contribution in [1.82, 2.24) is 9.55 Å². The van der Waals surface area contributed by atoms with E-state index in [1.54, 1.807) is 25.3 Å². The van der Waals surface area contributed by atoms with Gasteiger partial charge in [0, 0.05) is 11.9 Å². The number of halogens is 1. The van der Waals surface area contributed by atoms with E-state index in [1.807, 2.05) is 17.6 Å². The molecule has 8 heteroatoms. The number of aromatic nitrogens is 2.